The maximum absolute atomic E-state index is 13.9. The van der Waals surface area contributed by atoms with Crippen LogP contribution in [0.25, 0.3) is 0 Å². The summed E-state index contributed by atoms with van der Waals surface area (Å²) < 4.78 is 55.3. The van der Waals surface area contributed by atoms with Gasteiger partial charge in [-0.1, -0.05) is 39.7 Å². The third-order valence-electron chi connectivity index (χ3n) is 4.25. The quantitative estimate of drug-likeness (QED) is 0.457. The summed E-state index contributed by atoms with van der Waals surface area (Å²) in [6.45, 7) is -0.744. The number of sulfonamides is 1. The fraction of sp³-hybridized carbons (Fsp3) is 0.0952. The Balaban J connectivity index is 1.89. The molecule has 31 heavy (non-hydrogen) atoms. The summed E-state index contributed by atoms with van der Waals surface area (Å²) in [6, 6.07) is 15.0. The van der Waals surface area contributed by atoms with Crippen molar-refractivity contribution in [1.29, 1.82) is 0 Å². The summed E-state index contributed by atoms with van der Waals surface area (Å²) in [4.78, 5) is 12.5. The molecule has 3 rings (SSSR count). The highest BCUT2D eigenvalue weighted by molar-refractivity contribution is 9.10. The van der Waals surface area contributed by atoms with Crippen LogP contribution < -0.4 is 5.32 Å². The molecule has 162 valence electrons. The van der Waals surface area contributed by atoms with E-state index in [0.717, 1.165) is 22.5 Å². The number of benzene rings is 3. The lowest BCUT2D eigenvalue weighted by Crippen LogP contribution is -2.37. The minimum absolute atomic E-state index is 0.0191. The van der Waals surface area contributed by atoms with Crippen LogP contribution in [-0.2, 0) is 21.4 Å². The van der Waals surface area contributed by atoms with E-state index in [1.165, 1.54) is 12.1 Å². The van der Waals surface area contributed by atoms with Crippen molar-refractivity contribution >= 4 is 49.1 Å². The van der Waals surface area contributed by atoms with E-state index < -0.39 is 34.1 Å². The van der Waals surface area contributed by atoms with Crippen LogP contribution in [0.5, 0.6) is 0 Å². The highest BCUT2D eigenvalue weighted by Gasteiger charge is 2.27. The number of nitrogens with zero attached hydrogens (tertiary/aromatic N) is 1. The maximum atomic E-state index is 13.9. The number of halogens is 4. The van der Waals surface area contributed by atoms with Crippen molar-refractivity contribution in [3.63, 3.8) is 0 Å². The van der Waals surface area contributed by atoms with Crippen LogP contribution in [0.3, 0.4) is 0 Å². The molecule has 1 amide bonds. The van der Waals surface area contributed by atoms with Crippen molar-refractivity contribution in [1.82, 2.24) is 4.31 Å². The summed E-state index contributed by atoms with van der Waals surface area (Å²) in [5.41, 5.74) is 0.215. The van der Waals surface area contributed by atoms with Crippen molar-refractivity contribution < 1.29 is 22.0 Å². The first-order valence-corrected chi connectivity index (χ1v) is 11.5. The van der Waals surface area contributed by atoms with Crippen molar-refractivity contribution in [2.45, 2.75) is 11.4 Å². The Labute approximate surface area is 191 Å². The van der Waals surface area contributed by atoms with Gasteiger partial charge in [-0.3, -0.25) is 4.79 Å². The van der Waals surface area contributed by atoms with Gasteiger partial charge >= 0.3 is 0 Å². The van der Waals surface area contributed by atoms with Gasteiger partial charge in [0.05, 0.1) is 17.1 Å². The second kappa shape index (κ2) is 9.86. The average molecular weight is 530 g/mol. The third-order valence-corrected chi connectivity index (χ3v) is 6.83. The number of carbonyl (C=O) groups is 1. The third kappa shape index (κ3) is 6.10. The highest BCUT2D eigenvalue weighted by Crippen LogP contribution is 2.22. The van der Waals surface area contributed by atoms with E-state index in [9.17, 15) is 22.0 Å². The molecule has 10 heteroatoms. The van der Waals surface area contributed by atoms with Gasteiger partial charge < -0.3 is 5.32 Å². The van der Waals surface area contributed by atoms with Crippen molar-refractivity contribution in [2.75, 3.05) is 11.9 Å². The van der Waals surface area contributed by atoms with E-state index in [-0.39, 0.29) is 17.1 Å². The number of carbonyl (C=O) groups excluding carboxylic acids is 1. The fourth-order valence-corrected chi connectivity index (χ4v) is 4.49. The summed E-state index contributed by atoms with van der Waals surface area (Å²) in [5, 5.41) is 2.70. The average Bonchev–Trinajstić information content (AvgIpc) is 2.72. The van der Waals surface area contributed by atoms with Crippen molar-refractivity contribution in [2.24, 2.45) is 0 Å². The van der Waals surface area contributed by atoms with Crippen LogP contribution >= 0.6 is 27.5 Å². The Morgan fingerprint density at radius 2 is 1.65 bits per heavy atom. The lowest BCUT2D eigenvalue weighted by atomic mass is 10.2. The number of rotatable bonds is 7. The summed E-state index contributed by atoms with van der Waals surface area (Å²) in [5.74, 6) is -2.40. The zero-order chi connectivity index (χ0) is 22.6. The summed E-state index contributed by atoms with van der Waals surface area (Å²) in [6.07, 6.45) is 0. The highest BCUT2D eigenvalue weighted by atomic mass is 79.9. The van der Waals surface area contributed by atoms with E-state index in [1.807, 2.05) is 0 Å². The van der Waals surface area contributed by atoms with E-state index in [1.54, 1.807) is 36.4 Å². The molecule has 0 aromatic heterocycles. The zero-order valence-corrected chi connectivity index (χ0v) is 19.0. The van der Waals surface area contributed by atoms with E-state index in [4.69, 9.17) is 11.6 Å². The van der Waals surface area contributed by atoms with Gasteiger partial charge in [-0.15, -0.1) is 0 Å². The molecule has 3 aromatic rings. The standard InChI is InChI=1S/C21H16BrClF2N2O3S/c22-15-3-8-18(9-4-15)31(29,30)27(12-14-1-5-16(23)6-2-14)13-21(28)26-20-11-17(24)7-10-19(20)25/h1-11H,12-13H2,(H,26,28). The molecule has 0 aliphatic rings. The van der Waals surface area contributed by atoms with Crippen molar-refractivity contribution in [3.8, 4) is 0 Å². The maximum Gasteiger partial charge on any atom is 0.243 e. The van der Waals surface area contributed by atoms with E-state index in [0.29, 0.717) is 15.1 Å². The van der Waals surface area contributed by atoms with Gasteiger partial charge in [0.1, 0.15) is 11.6 Å². The van der Waals surface area contributed by atoms with Gasteiger partial charge in [0.15, 0.2) is 0 Å². The number of hydrogen-bond acceptors (Lipinski definition) is 3. The molecule has 1 N–H and O–H groups in total. The molecular formula is C21H16BrClF2N2O3S. The number of nitrogens with one attached hydrogen (secondary N) is 1. The minimum Gasteiger partial charge on any atom is -0.322 e. The van der Waals surface area contributed by atoms with Gasteiger partial charge in [-0.25, -0.2) is 17.2 Å². The van der Waals surface area contributed by atoms with Crippen LogP contribution in [0.2, 0.25) is 5.02 Å². The Hall–Kier alpha value is -2.33. The first-order chi connectivity index (χ1) is 14.6. The largest absolute Gasteiger partial charge is 0.322 e. The molecule has 0 saturated heterocycles. The van der Waals surface area contributed by atoms with Crippen molar-refractivity contribution in [3.05, 3.63) is 93.4 Å². The first kappa shape index (κ1) is 23.3. The molecule has 0 aliphatic carbocycles. The van der Waals surface area contributed by atoms with Crippen LogP contribution in [0.4, 0.5) is 14.5 Å². The van der Waals surface area contributed by atoms with E-state index in [2.05, 4.69) is 21.2 Å². The molecular weight excluding hydrogens is 514 g/mol. The molecule has 0 radical (unpaired) electrons. The number of anilines is 1. The minimum atomic E-state index is -4.08. The lowest BCUT2D eigenvalue weighted by Gasteiger charge is -2.22. The predicted octanol–water partition coefficient (Wildman–Crippen LogP) is 5.21. The lowest BCUT2D eigenvalue weighted by molar-refractivity contribution is -0.116. The van der Waals surface area contributed by atoms with Crippen LogP contribution in [0.15, 0.2) is 76.1 Å². The second-order valence-corrected chi connectivity index (χ2v) is 9.82. The topological polar surface area (TPSA) is 66.5 Å². The monoisotopic (exact) mass is 528 g/mol. The molecule has 0 spiro atoms. The normalized spacial score (nSPS) is 11.5. The van der Waals surface area contributed by atoms with Gasteiger partial charge in [-0.05, 0) is 54.1 Å². The first-order valence-electron chi connectivity index (χ1n) is 8.90. The van der Waals surface area contributed by atoms with Crippen LogP contribution in [0.1, 0.15) is 5.56 Å². The number of amides is 1. The van der Waals surface area contributed by atoms with Gasteiger partial charge in [0.2, 0.25) is 15.9 Å². The molecule has 5 nitrogen and oxygen atoms in total. The van der Waals surface area contributed by atoms with Crippen LogP contribution in [-0.4, -0.2) is 25.2 Å². The Kier molecular flexibility index (Phi) is 7.42. The molecule has 0 aliphatic heterocycles. The fourth-order valence-electron chi connectivity index (χ4n) is 2.72. The second-order valence-electron chi connectivity index (χ2n) is 6.53. The van der Waals surface area contributed by atoms with Gasteiger partial charge in [-0.2, -0.15) is 4.31 Å². The summed E-state index contributed by atoms with van der Waals surface area (Å²) >= 11 is 9.13. The van der Waals surface area contributed by atoms with E-state index >= 15 is 0 Å². The van der Waals surface area contributed by atoms with Gasteiger partial charge in [0, 0.05) is 22.1 Å². The van der Waals surface area contributed by atoms with Crippen LogP contribution in [0, 0.1) is 11.6 Å². The molecule has 0 atom stereocenters. The zero-order valence-electron chi connectivity index (χ0n) is 15.9. The molecule has 0 fully saturated rings. The molecule has 0 saturated carbocycles. The molecule has 3 aromatic carbocycles. The Bertz CT molecular complexity index is 1190. The smallest absolute Gasteiger partial charge is 0.243 e. The van der Waals surface area contributed by atoms with Gasteiger partial charge in [0.25, 0.3) is 0 Å². The Morgan fingerprint density at radius 3 is 2.29 bits per heavy atom. The predicted molar refractivity (Wildman–Crippen MR) is 118 cm³/mol. The SMILES string of the molecule is O=C(CN(Cc1ccc(Cl)cc1)S(=O)(=O)c1ccc(Br)cc1)Nc1cc(F)ccc1F. The molecule has 0 unspecified atom stereocenters. The Morgan fingerprint density at radius 1 is 1.00 bits per heavy atom. The summed E-state index contributed by atoms with van der Waals surface area (Å²) in [7, 11) is -4.08. The molecule has 0 heterocycles. The number of hydrogen-bond donors (Lipinski definition) is 1. The molecule has 0 bridgehead atoms.